The van der Waals surface area contributed by atoms with Gasteiger partial charge in [0.05, 0.1) is 12.0 Å². The van der Waals surface area contributed by atoms with Crippen LogP contribution in [0.15, 0.2) is 0 Å². The fourth-order valence-electron chi connectivity index (χ4n) is 3.68. The summed E-state index contributed by atoms with van der Waals surface area (Å²) in [4.78, 5) is 25.7. The van der Waals surface area contributed by atoms with Crippen LogP contribution in [0.4, 0.5) is 4.79 Å². The molecule has 7 nitrogen and oxygen atoms in total. The van der Waals surface area contributed by atoms with E-state index in [9.17, 15) is 14.7 Å². The lowest BCUT2D eigenvalue weighted by Crippen LogP contribution is -2.41. The Morgan fingerprint density at radius 3 is 2.75 bits per heavy atom. The van der Waals surface area contributed by atoms with E-state index in [0.717, 1.165) is 22.9 Å². The number of rotatable bonds is 3. The number of fused-ring (bicyclic) bond motifs is 1. The number of amides is 2. The van der Waals surface area contributed by atoms with Crippen LogP contribution in [0.1, 0.15) is 50.0 Å². The van der Waals surface area contributed by atoms with Crippen molar-refractivity contribution in [2.45, 2.75) is 52.0 Å². The van der Waals surface area contributed by atoms with Gasteiger partial charge >= 0.3 is 12.0 Å². The third-order valence-corrected chi connectivity index (χ3v) is 6.43. The SMILES string of the molecule is CC(C)(C)c1nnc(CNC(=O)N2C[C@@H]3CCC[C@@]3(C(=O)O)C2)s1. The zero-order valence-corrected chi connectivity index (χ0v) is 15.2. The number of nitrogens with one attached hydrogen (secondary N) is 1. The van der Waals surface area contributed by atoms with E-state index in [1.165, 1.54) is 11.3 Å². The van der Waals surface area contributed by atoms with Crippen LogP contribution in [-0.4, -0.2) is 45.3 Å². The molecule has 1 aromatic rings. The second-order valence-electron chi connectivity index (χ2n) is 7.84. The van der Waals surface area contributed by atoms with E-state index in [0.29, 0.717) is 26.1 Å². The van der Waals surface area contributed by atoms with Gasteiger partial charge < -0.3 is 15.3 Å². The van der Waals surface area contributed by atoms with Crippen molar-refractivity contribution in [2.24, 2.45) is 11.3 Å². The molecule has 0 aromatic carbocycles. The average Bonchev–Trinajstić information content (AvgIpc) is 3.17. The maximum Gasteiger partial charge on any atom is 0.317 e. The highest BCUT2D eigenvalue weighted by Gasteiger charge is 2.55. The standard InChI is InChI=1S/C16H24N4O3S/c1-15(2,3)12-19-18-11(24-12)7-17-14(23)20-8-10-5-4-6-16(10,9-20)13(21)22/h10H,4-9H2,1-3H3,(H,17,23)(H,21,22)/t10-,16+/m0/s1. The quantitative estimate of drug-likeness (QED) is 0.870. The Bertz CT molecular complexity index is 654. The lowest BCUT2D eigenvalue weighted by molar-refractivity contribution is -0.149. The molecule has 2 amide bonds. The maximum absolute atomic E-state index is 12.4. The topological polar surface area (TPSA) is 95.4 Å². The van der Waals surface area contributed by atoms with Crippen LogP contribution in [-0.2, 0) is 16.8 Å². The monoisotopic (exact) mass is 352 g/mol. The predicted octanol–water partition coefficient (Wildman–Crippen LogP) is 2.23. The summed E-state index contributed by atoms with van der Waals surface area (Å²) < 4.78 is 0. The van der Waals surface area contributed by atoms with Crippen LogP contribution in [0.3, 0.4) is 0 Å². The van der Waals surface area contributed by atoms with Crippen molar-refractivity contribution in [1.82, 2.24) is 20.4 Å². The molecule has 2 fully saturated rings. The van der Waals surface area contributed by atoms with Crippen LogP contribution >= 0.6 is 11.3 Å². The van der Waals surface area contributed by atoms with Crippen molar-refractivity contribution in [3.8, 4) is 0 Å². The lowest BCUT2D eigenvalue weighted by atomic mass is 9.81. The number of aliphatic carboxylic acids is 1. The van der Waals surface area contributed by atoms with Gasteiger partial charge in [-0.15, -0.1) is 10.2 Å². The summed E-state index contributed by atoms with van der Waals surface area (Å²) in [6.45, 7) is 7.39. The van der Waals surface area contributed by atoms with Crippen LogP contribution in [0.25, 0.3) is 0 Å². The van der Waals surface area contributed by atoms with E-state index in [1.807, 2.05) is 0 Å². The number of aromatic nitrogens is 2. The number of carboxylic acid groups (broad SMARTS) is 1. The molecule has 0 bridgehead atoms. The highest BCUT2D eigenvalue weighted by molar-refractivity contribution is 7.11. The van der Waals surface area contributed by atoms with E-state index in [1.54, 1.807) is 4.90 Å². The van der Waals surface area contributed by atoms with E-state index >= 15 is 0 Å². The second-order valence-corrected chi connectivity index (χ2v) is 8.90. The molecule has 2 aliphatic rings. The Labute approximate surface area is 145 Å². The van der Waals surface area contributed by atoms with E-state index < -0.39 is 11.4 Å². The van der Waals surface area contributed by atoms with Gasteiger partial charge in [-0.2, -0.15) is 0 Å². The van der Waals surface area contributed by atoms with E-state index in [2.05, 4.69) is 36.3 Å². The Morgan fingerprint density at radius 2 is 2.17 bits per heavy atom. The van der Waals surface area contributed by atoms with Gasteiger partial charge in [-0.3, -0.25) is 4.79 Å². The zero-order chi connectivity index (χ0) is 17.5. The summed E-state index contributed by atoms with van der Waals surface area (Å²) >= 11 is 1.50. The van der Waals surface area contributed by atoms with Crippen LogP contribution in [0.5, 0.6) is 0 Å². The molecule has 1 aromatic heterocycles. The van der Waals surface area contributed by atoms with Crippen molar-refractivity contribution in [1.29, 1.82) is 0 Å². The molecule has 2 N–H and O–H groups in total. The first kappa shape index (κ1) is 17.1. The lowest BCUT2D eigenvalue weighted by Gasteiger charge is -2.23. The van der Waals surface area contributed by atoms with Crippen LogP contribution in [0, 0.1) is 11.3 Å². The molecule has 1 saturated heterocycles. The first-order valence-electron chi connectivity index (χ1n) is 8.31. The molecular formula is C16H24N4O3S. The summed E-state index contributed by atoms with van der Waals surface area (Å²) in [6, 6.07) is -0.211. The Morgan fingerprint density at radius 1 is 1.42 bits per heavy atom. The molecule has 132 valence electrons. The zero-order valence-electron chi connectivity index (χ0n) is 14.3. The van der Waals surface area contributed by atoms with Gasteiger partial charge in [-0.05, 0) is 18.8 Å². The van der Waals surface area contributed by atoms with Gasteiger partial charge in [-0.1, -0.05) is 38.5 Å². The van der Waals surface area contributed by atoms with Crippen LogP contribution < -0.4 is 5.32 Å². The van der Waals surface area contributed by atoms with Gasteiger partial charge in [0, 0.05) is 18.5 Å². The fourth-order valence-corrected chi connectivity index (χ4v) is 4.52. The Hall–Kier alpha value is -1.70. The summed E-state index contributed by atoms with van der Waals surface area (Å²) in [6.07, 6.45) is 2.50. The molecule has 1 aliphatic carbocycles. The number of carbonyl (C=O) groups excluding carboxylic acids is 1. The molecule has 0 radical (unpaired) electrons. The van der Waals surface area contributed by atoms with Crippen molar-refractivity contribution >= 4 is 23.3 Å². The summed E-state index contributed by atoms with van der Waals surface area (Å²) in [5, 5.41) is 22.4. The average molecular weight is 352 g/mol. The van der Waals surface area contributed by atoms with Gasteiger partial charge in [0.2, 0.25) is 0 Å². The Balaban J connectivity index is 1.59. The number of hydrogen-bond acceptors (Lipinski definition) is 5. The molecule has 2 atom stereocenters. The molecule has 0 unspecified atom stereocenters. The molecule has 8 heteroatoms. The number of carbonyl (C=O) groups is 2. The van der Waals surface area contributed by atoms with Gasteiger partial charge in [0.25, 0.3) is 0 Å². The molecule has 1 saturated carbocycles. The molecule has 0 spiro atoms. The molecule has 1 aliphatic heterocycles. The third kappa shape index (κ3) is 2.99. The molecular weight excluding hydrogens is 328 g/mol. The second kappa shape index (κ2) is 5.98. The number of carboxylic acids is 1. The fraction of sp³-hybridized carbons (Fsp3) is 0.750. The van der Waals surface area contributed by atoms with Gasteiger partial charge in [-0.25, -0.2) is 4.79 Å². The number of hydrogen-bond donors (Lipinski definition) is 2. The first-order chi connectivity index (χ1) is 11.2. The normalized spacial score (nSPS) is 26.5. The van der Waals surface area contributed by atoms with Crippen molar-refractivity contribution in [2.75, 3.05) is 13.1 Å². The van der Waals surface area contributed by atoms with Gasteiger partial charge in [0.15, 0.2) is 0 Å². The Kier molecular flexibility index (Phi) is 4.27. The van der Waals surface area contributed by atoms with Crippen LogP contribution in [0.2, 0.25) is 0 Å². The molecule has 2 heterocycles. The smallest absolute Gasteiger partial charge is 0.317 e. The highest BCUT2D eigenvalue weighted by atomic mass is 32.1. The molecule has 3 rings (SSSR count). The summed E-state index contributed by atoms with van der Waals surface area (Å²) in [7, 11) is 0. The maximum atomic E-state index is 12.4. The summed E-state index contributed by atoms with van der Waals surface area (Å²) in [5.41, 5.74) is -0.792. The number of nitrogens with zero attached hydrogens (tertiary/aromatic N) is 3. The van der Waals surface area contributed by atoms with Crippen molar-refractivity contribution in [3.63, 3.8) is 0 Å². The van der Waals surface area contributed by atoms with E-state index in [-0.39, 0.29) is 17.4 Å². The van der Waals surface area contributed by atoms with Crippen molar-refractivity contribution in [3.05, 3.63) is 10.0 Å². The largest absolute Gasteiger partial charge is 0.481 e. The number of likely N-dealkylation sites (tertiary alicyclic amines) is 1. The predicted molar refractivity (Wildman–Crippen MR) is 89.8 cm³/mol. The highest BCUT2D eigenvalue weighted by Crippen LogP contribution is 2.48. The third-order valence-electron chi connectivity index (χ3n) is 5.08. The van der Waals surface area contributed by atoms with Gasteiger partial charge in [0.1, 0.15) is 10.0 Å². The van der Waals surface area contributed by atoms with E-state index in [4.69, 9.17) is 0 Å². The minimum absolute atomic E-state index is 0.0554. The van der Waals surface area contributed by atoms with Crippen molar-refractivity contribution < 1.29 is 14.7 Å². The molecule has 24 heavy (non-hydrogen) atoms. The first-order valence-corrected chi connectivity index (χ1v) is 9.13. The minimum atomic E-state index is -0.765. The minimum Gasteiger partial charge on any atom is -0.481 e. The number of urea groups is 1. The summed E-state index contributed by atoms with van der Waals surface area (Å²) in [5.74, 6) is -0.686.